The number of ether oxygens (including phenoxy) is 1. The molecule has 218 valence electrons. The van der Waals surface area contributed by atoms with Gasteiger partial charge in [-0.2, -0.15) is 9.61 Å². The molecule has 0 amide bonds. The van der Waals surface area contributed by atoms with Crippen molar-refractivity contribution in [1.29, 1.82) is 0 Å². The quantitative estimate of drug-likeness (QED) is 0.265. The normalized spacial score (nSPS) is 18.7. The smallest absolute Gasteiger partial charge is 0.265 e. The number of nitrogens with zero attached hydrogens (tertiary/aromatic N) is 6. The summed E-state index contributed by atoms with van der Waals surface area (Å²) in [4.78, 5) is 12.5. The molecule has 1 aliphatic heterocycles. The molecule has 17 heteroatoms. The highest BCUT2D eigenvalue weighted by Crippen LogP contribution is 2.38. The van der Waals surface area contributed by atoms with Gasteiger partial charge in [0.2, 0.25) is 15.8 Å². The topological polar surface area (TPSA) is 175 Å². The molecular formula is C24H24F4N8O4S. The highest BCUT2D eigenvalue weighted by Gasteiger charge is 2.44. The van der Waals surface area contributed by atoms with Gasteiger partial charge in [-0.1, -0.05) is 0 Å². The van der Waals surface area contributed by atoms with Gasteiger partial charge in [-0.05, 0) is 25.0 Å². The van der Waals surface area contributed by atoms with Crippen LogP contribution in [0, 0.1) is 11.6 Å². The van der Waals surface area contributed by atoms with E-state index >= 15 is 0 Å². The first-order valence-corrected chi connectivity index (χ1v) is 13.6. The molecule has 4 aromatic rings. The lowest BCUT2D eigenvalue weighted by molar-refractivity contribution is -0.0529. The number of benzene rings is 1. The number of methoxy groups -OCH3 is 1. The summed E-state index contributed by atoms with van der Waals surface area (Å²) in [5.41, 5.74) is 9.34. The molecule has 41 heavy (non-hydrogen) atoms. The summed E-state index contributed by atoms with van der Waals surface area (Å²) >= 11 is 0. The molecule has 0 spiro atoms. The van der Waals surface area contributed by atoms with E-state index in [1.165, 1.54) is 4.90 Å². The summed E-state index contributed by atoms with van der Waals surface area (Å²) in [6.45, 7) is -0.175. The Morgan fingerprint density at radius 1 is 1.10 bits per heavy atom. The molecule has 2 atom stereocenters. The van der Waals surface area contributed by atoms with Crippen LogP contribution in [0.3, 0.4) is 0 Å². The number of halogens is 4. The van der Waals surface area contributed by atoms with Gasteiger partial charge in [0.05, 0.1) is 41.3 Å². The molecule has 5 N–H and O–H groups in total. The van der Waals surface area contributed by atoms with Crippen molar-refractivity contribution < 1.29 is 35.8 Å². The number of fused-ring (bicyclic) bond motifs is 1. The summed E-state index contributed by atoms with van der Waals surface area (Å²) < 4.78 is 90.4. The Morgan fingerprint density at radius 2 is 1.85 bits per heavy atom. The lowest BCUT2D eigenvalue weighted by Gasteiger charge is -2.44. The Balaban J connectivity index is 1.70. The molecule has 1 fully saturated rings. The molecule has 0 saturated carbocycles. The Hall–Kier alpha value is -4.09. The second-order valence-corrected chi connectivity index (χ2v) is 11.4. The van der Waals surface area contributed by atoms with Crippen LogP contribution in [0.2, 0.25) is 0 Å². The molecule has 4 heterocycles. The van der Waals surface area contributed by atoms with Gasteiger partial charge in [0.25, 0.3) is 6.43 Å². The number of anilines is 2. The average molecular weight is 597 g/mol. The van der Waals surface area contributed by atoms with E-state index in [0.29, 0.717) is 0 Å². The second-order valence-electron chi connectivity index (χ2n) is 9.52. The fourth-order valence-electron chi connectivity index (χ4n) is 4.84. The van der Waals surface area contributed by atoms with Gasteiger partial charge in [-0.25, -0.2) is 35.9 Å². The van der Waals surface area contributed by atoms with Crippen LogP contribution in [-0.4, -0.2) is 76.4 Å². The maximum absolute atomic E-state index is 15.0. The van der Waals surface area contributed by atoms with Gasteiger partial charge in [0.1, 0.15) is 23.1 Å². The molecule has 1 aromatic carbocycles. The Labute approximate surface area is 230 Å². The first kappa shape index (κ1) is 28.4. The molecular weight excluding hydrogens is 572 g/mol. The zero-order valence-electron chi connectivity index (χ0n) is 21.4. The maximum Gasteiger partial charge on any atom is 0.265 e. The lowest BCUT2D eigenvalue weighted by atomic mass is 9.84. The van der Waals surface area contributed by atoms with Crippen LogP contribution in [0.5, 0.6) is 5.75 Å². The Kier molecular flexibility index (Phi) is 7.20. The first-order valence-electron chi connectivity index (χ1n) is 12.1. The molecule has 0 unspecified atom stereocenters. The van der Waals surface area contributed by atoms with Crippen molar-refractivity contribution in [2.45, 2.75) is 40.7 Å². The molecule has 12 nitrogen and oxygen atoms in total. The standard InChI is InChI=1S/C24H24F4N8O4S/c1-40-17-6-13(25)12(5-14(17)26)15-7-18(41(38,39)19-9-34-36-22(19)32-11-33-23(36)29)16(8-31-15)35-4-2-3-24(30,10-35)20(37)21(27)28/h5-9,11,20-21,37H,2-4,10,30H2,1H3,(H2,29,32,33)/t20-,24-/m1/s1. The average Bonchev–Trinajstić information content (AvgIpc) is 3.40. The van der Waals surface area contributed by atoms with Gasteiger partial charge >= 0.3 is 0 Å². The van der Waals surface area contributed by atoms with Crippen molar-refractivity contribution in [2.75, 3.05) is 30.8 Å². The number of aliphatic hydroxyl groups excluding tert-OH is 1. The molecule has 1 saturated heterocycles. The van der Waals surface area contributed by atoms with E-state index < -0.39 is 49.3 Å². The van der Waals surface area contributed by atoms with Crippen LogP contribution in [-0.2, 0) is 9.84 Å². The molecule has 0 radical (unpaired) electrons. The number of rotatable bonds is 7. The van der Waals surface area contributed by atoms with E-state index in [1.807, 2.05) is 0 Å². The van der Waals surface area contributed by atoms with Crippen LogP contribution in [0.15, 0.2) is 46.7 Å². The largest absolute Gasteiger partial charge is 0.494 e. The fourth-order valence-corrected chi connectivity index (χ4v) is 6.37. The van der Waals surface area contributed by atoms with Crippen molar-refractivity contribution >= 4 is 27.1 Å². The second kappa shape index (κ2) is 10.4. The number of hydrogen-bond donors (Lipinski definition) is 3. The minimum atomic E-state index is -4.56. The first-order chi connectivity index (χ1) is 19.4. The summed E-state index contributed by atoms with van der Waals surface area (Å²) in [7, 11) is -3.41. The SMILES string of the molecule is COc1cc(F)c(-c2cc(S(=O)(=O)c3cnn4c(N)ncnc34)c(N3CCC[C@](N)([C@H](O)C(F)F)C3)cn2)cc1F. The molecule has 3 aromatic heterocycles. The number of piperidine rings is 1. The van der Waals surface area contributed by atoms with E-state index in [-0.39, 0.29) is 60.2 Å². The lowest BCUT2D eigenvalue weighted by Crippen LogP contribution is -2.63. The summed E-state index contributed by atoms with van der Waals surface area (Å²) in [5, 5.41) is 14.1. The van der Waals surface area contributed by atoms with Crippen LogP contribution in [0.25, 0.3) is 16.9 Å². The fraction of sp³-hybridized carbons (Fsp3) is 0.333. The zero-order valence-corrected chi connectivity index (χ0v) is 22.2. The highest BCUT2D eigenvalue weighted by molar-refractivity contribution is 7.91. The third-order valence-electron chi connectivity index (χ3n) is 6.97. The minimum Gasteiger partial charge on any atom is -0.494 e. The summed E-state index contributed by atoms with van der Waals surface area (Å²) in [6.07, 6.45) is -1.91. The minimum absolute atomic E-state index is 0.0448. The van der Waals surface area contributed by atoms with E-state index in [4.69, 9.17) is 16.2 Å². The van der Waals surface area contributed by atoms with Crippen LogP contribution in [0.1, 0.15) is 12.8 Å². The number of hydrogen-bond acceptors (Lipinski definition) is 11. The van der Waals surface area contributed by atoms with Crippen LogP contribution >= 0.6 is 0 Å². The van der Waals surface area contributed by atoms with Gasteiger partial charge in [0.15, 0.2) is 17.2 Å². The number of aromatic nitrogens is 5. The third-order valence-corrected chi connectivity index (χ3v) is 8.74. The number of nitrogens with two attached hydrogens (primary N) is 2. The van der Waals surface area contributed by atoms with Crippen molar-refractivity contribution in [1.82, 2.24) is 24.6 Å². The Morgan fingerprint density at radius 3 is 2.56 bits per heavy atom. The summed E-state index contributed by atoms with van der Waals surface area (Å²) in [5.74, 6) is -2.38. The van der Waals surface area contributed by atoms with Crippen molar-refractivity contribution in [2.24, 2.45) is 5.73 Å². The zero-order chi connectivity index (χ0) is 29.7. The van der Waals surface area contributed by atoms with Gasteiger partial charge < -0.3 is 26.2 Å². The highest BCUT2D eigenvalue weighted by atomic mass is 32.2. The van der Waals surface area contributed by atoms with E-state index in [0.717, 1.165) is 48.5 Å². The predicted octanol–water partition coefficient (Wildman–Crippen LogP) is 1.81. The molecule has 5 rings (SSSR count). The number of pyridine rings is 1. The third kappa shape index (κ3) is 4.89. The maximum atomic E-state index is 15.0. The predicted molar refractivity (Wildman–Crippen MR) is 137 cm³/mol. The van der Waals surface area contributed by atoms with Gasteiger partial charge in [0, 0.05) is 24.7 Å². The van der Waals surface area contributed by atoms with Gasteiger partial charge in [-0.3, -0.25) is 4.98 Å². The number of nitrogen functional groups attached to an aromatic ring is 1. The number of aliphatic hydroxyl groups is 1. The monoisotopic (exact) mass is 596 g/mol. The van der Waals surface area contributed by atoms with Crippen LogP contribution < -0.4 is 21.1 Å². The van der Waals surface area contributed by atoms with Gasteiger partial charge in [-0.15, -0.1) is 0 Å². The number of sulfone groups is 1. The van der Waals surface area contributed by atoms with Crippen molar-refractivity contribution in [3.63, 3.8) is 0 Å². The summed E-state index contributed by atoms with van der Waals surface area (Å²) in [6, 6.07) is 2.62. The van der Waals surface area contributed by atoms with Crippen molar-refractivity contribution in [3.8, 4) is 17.0 Å². The van der Waals surface area contributed by atoms with Crippen LogP contribution in [0.4, 0.5) is 29.2 Å². The number of alkyl halides is 2. The Bertz CT molecular complexity index is 1740. The molecule has 0 aliphatic carbocycles. The molecule has 1 aliphatic rings. The van der Waals surface area contributed by atoms with E-state index in [1.54, 1.807) is 0 Å². The van der Waals surface area contributed by atoms with E-state index in [9.17, 15) is 31.1 Å². The van der Waals surface area contributed by atoms with Crippen molar-refractivity contribution in [3.05, 3.63) is 48.6 Å². The molecule has 0 bridgehead atoms. The van der Waals surface area contributed by atoms with E-state index in [2.05, 4.69) is 20.1 Å².